The predicted molar refractivity (Wildman–Crippen MR) is 147 cm³/mol. The summed E-state index contributed by atoms with van der Waals surface area (Å²) in [6, 6.07) is 21.4. The molecule has 1 fully saturated rings. The molecule has 3 aromatic rings. The normalized spacial score (nSPS) is 16.4. The van der Waals surface area contributed by atoms with E-state index in [0.717, 1.165) is 24.1 Å². The van der Waals surface area contributed by atoms with Crippen LogP contribution in [0.25, 0.3) is 0 Å². The van der Waals surface area contributed by atoms with Crippen molar-refractivity contribution in [2.24, 2.45) is 0 Å². The minimum Gasteiger partial charge on any atom is -0.387 e. The summed E-state index contributed by atoms with van der Waals surface area (Å²) < 4.78 is 30.2. The number of hydrogen-bond donors (Lipinski definition) is 3. The van der Waals surface area contributed by atoms with Gasteiger partial charge in [-0.3, -0.25) is 14.6 Å². The van der Waals surface area contributed by atoms with Crippen LogP contribution in [0.3, 0.4) is 0 Å². The molecule has 8 nitrogen and oxygen atoms in total. The van der Waals surface area contributed by atoms with Gasteiger partial charge in [0.2, 0.25) is 0 Å². The van der Waals surface area contributed by atoms with Crippen LogP contribution in [0.1, 0.15) is 36.6 Å². The number of nitrogens with one attached hydrogen (secondary N) is 2. The molecular weight excluding hydrogens is 486 g/mol. The average molecular weight is 524 g/mol. The van der Waals surface area contributed by atoms with Gasteiger partial charge in [0.15, 0.2) is 0 Å². The highest BCUT2D eigenvalue weighted by molar-refractivity contribution is 7.90. The summed E-state index contributed by atoms with van der Waals surface area (Å²) in [6.07, 6.45) is 3.45. The fraction of sp³-hybridized carbons (Fsp3) is 0.393. The number of aliphatic hydroxyl groups is 1. The smallest absolute Gasteiger partial charge is 0.301 e. The highest BCUT2D eigenvalue weighted by Crippen LogP contribution is 2.20. The number of aliphatic hydroxyl groups excluding tert-OH is 1. The summed E-state index contributed by atoms with van der Waals surface area (Å²) in [4.78, 5) is 6.34. The number of anilines is 1. The maximum atomic E-state index is 13.0. The zero-order valence-electron chi connectivity index (χ0n) is 21.5. The highest BCUT2D eigenvalue weighted by Gasteiger charge is 2.27. The van der Waals surface area contributed by atoms with Crippen molar-refractivity contribution in [1.29, 1.82) is 0 Å². The second-order valence-electron chi connectivity index (χ2n) is 10.2. The summed E-state index contributed by atoms with van der Waals surface area (Å²) in [5.74, 6) is 0. The molecule has 3 N–H and O–H groups in total. The molecule has 1 aromatic heterocycles. The van der Waals surface area contributed by atoms with Gasteiger partial charge in [0.25, 0.3) is 0 Å². The second-order valence-corrected chi connectivity index (χ2v) is 11.9. The Balaban J connectivity index is 1.25. The Morgan fingerprint density at radius 2 is 1.65 bits per heavy atom. The van der Waals surface area contributed by atoms with Crippen LogP contribution < -0.4 is 10.0 Å². The van der Waals surface area contributed by atoms with Gasteiger partial charge in [-0.15, -0.1) is 0 Å². The molecule has 0 saturated carbocycles. The highest BCUT2D eigenvalue weighted by atomic mass is 32.2. The number of hydrogen-bond acceptors (Lipinski definition) is 6. The van der Waals surface area contributed by atoms with E-state index in [1.807, 2.05) is 42.5 Å². The molecule has 1 saturated heterocycles. The number of β-amino-alcohol motifs (C(OH)–C–C–N with tert-alkyl or cyclic N) is 1. The van der Waals surface area contributed by atoms with Crippen molar-refractivity contribution in [1.82, 2.24) is 19.5 Å². The SMILES string of the molecule is CC(C)(Cc1ccc(NS(=O)(=O)N2CCN(Cc3ccccc3)CC2)cc1)NC[C@@H](O)c1cccnc1. The fourth-order valence-electron chi connectivity index (χ4n) is 4.51. The topological polar surface area (TPSA) is 97.8 Å². The lowest BCUT2D eigenvalue weighted by atomic mass is 9.94. The van der Waals surface area contributed by atoms with Gasteiger partial charge in [-0.1, -0.05) is 48.5 Å². The largest absolute Gasteiger partial charge is 0.387 e. The first-order chi connectivity index (χ1) is 17.7. The molecule has 0 amide bonds. The van der Waals surface area contributed by atoms with E-state index in [0.29, 0.717) is 38.4 Å². The molecule has 4 rings (SSSR count). The Morgan fingerprint density at radius 1 is 0.946 bits per heavy atom. The molecule has 1 aliphatic rings. The third kappa shape index (κ3) is 8.08. The minimum atomic E-state index is -3.61. The lowest BCUT2D eigenvalue weighted by Gasteiger charge is -2.34. The lowest BCUT2D eigenvalue weighted by molar-refractivity contribution is 0.160. The van der Waals surface area contributed by atoms with Crippen LogP contribution in [-0.2, 0) is 23.2 Å². The van der Waals surface area contributed by atoms with E-state index < -0.39 is 16.3 Å². The Morgan fingerprint density at radius 3 is 2.30 bits per heavy atom. The minimum absolute atomic E-state index is 0.260. The Labute approximate surface area is 220 Å². The first-order valence-electron chi connectivity index (χ1n) is 12.7. The van der Waals surface area contributed by atoms with E-state index in [1.54, 1.807) is 24.5 Å². The van der Waals surface area contributed by atoms with Crippen LogP contribution in [0.5, 0.6) is 0 Å². The summed E-state index contributed by atoms with van der Waals surface area (Å²) in [6.45, 7) is 7.73. The molecule has 2 heterocycles. The van der Waals surface area contributed by atoms with Crippen LogP contribution in [0.15, 0.2) is 79.1 Å². The standard InChI is InChI=1S/C28H37N5O3S/c1-28(2,30-21-27(34)25-9-6-14-29-20-25)19-23-10-12-26(13-11-23)31-37(35,36)33-17-15-32(16-18-33)22-24-7-4-3-5-8-24/h3-14,20,27,30-31,34H,15-19,21-22H2,1-2H3/t27-/m1/s1. The van der Waals surface area contributed by atoms with Crippen molar-refractivity contribution < 1.29 is 13.5 Å². The number of piperazine rings is 1. The fourth-order valence-corrected chi connectivity index (χ4v) is 5.72. The van der Waals surface area contributed by atoms with E-state index in [-0.39, 0.29) is 5.54 Å². The van der Waals surface area contributed by atoms with E-state index in [4.69, 9.17) is 0 Å². The summed E-state index contributed by atoms with van der Waals surface area (Å²) in [5, 5.41) is 13.8. The molecule has 198 valence electrons. The second kappa shape index (κ2) is 12.1. The Kier molecular flexibility index (Phi) is 8.94. The molecular formula is C28H37N5O3S. The first kappa shape index (κ1) is 27.2. The summed E-state index contributed by atoms with van der Waals surface area (Å²) >= 11 is 0. The number of nitrogens with zero attached hydrogens (tertiary/aromatic N) is 3. The van der Waals surface area contributed by atoms with Gasteiger partial charge in [-0.05, 0) is 49.6 Å². The van der Waals surface area contributed by atoms with Crippen LogP contribution in [0, 0.1) is 0 Å². The number of benzene rings is 2. The third-order valence-electron chi connectivity index (χ3n) is 6.61. The van der Waals surface area contributed by atoms with Crippen LogP contribution in [0.4, 0.5) is 5.69 Å². The molecule has 9 heteroatoms. The monoisotopic (exact) mass is 523 g/mol. The maximum absolute atomic E-state index is 13.0. The molecule has 37 heavy (non-hydrogen) atoms. The Bertz CT molecular complexity index is 1210. The molecule has 0 bridgehead atoms. The van der Waals surface area contributed by atoms with Crippen molar-refractivity contribution in [3.8, 4) is 0 Å². The number of aromatic nitrogens is 1. The quantitative estimate of drug-likeness (QED) is 0.357. The average Bonchev–Trinajstić information content (AvgIpc) is 2.90. The number of pyridine rings is 1. The van der Waals surface area contributed by atoms with Gasteiger partial charge in [-0.25, -0.2) is 0 Å². The van der Waals surface area contributed by atoms with E-state index >= 15 is 0 Å². The van der Waals surface area contributed by atoms with Crippen molar-refractivity contribution in [2.45, 2.75) is 38.5 Å². The van der Waals surface area contributed by atoms with Crippen LogP contribution in [0.2, 0.25) is 0 Å². The maximum Gasteiger partial charge on any atom is 0.301 e. The molecule has 1 atom stereocenters. The summed E-state index contributed by atoms with van der Waals surface area (Å²) in [5.41, 5.74) is 3.38. The van der Waals surface area contributed by atoms with E-state index in [9.17, 15) is 13.5 Å². The van der Waals surface area contributed by atoms with Crippen LogP contribution in [-0.4, -0.2) is 66.0 Å². The molecule has 0 radical (unpaired) electrons. The lowest BCUT2D eigenvalue weighted by Crippen LogP contribution is -2.49. The van der Waals surface area contributed by atoms with Gasteiger partial charge in [0.1, 0.15) is 0 Å². The molecule has 2 aromatic carbocycles. The molecule has 0 spiro atoms. The van der Waals surface area contributed by atoms with Crippen molar-refractivity contribution in [3.63, 3.8) is 0 Å². The van der Waals surface area contributed by atoms with Gasteiger partial charge < -0.3 is 10.4 Å². The van der Waals surface area contributed by atoms with E-state index in [2.05, 4.69) is 45.9 Å². The summed E-state index contributed by atoms with van der Waals surface area (Å²) in [7, 11) is -3.61. The van der Waals surface area contributed by atoms with Crippen LogP contribution >= 0.6 is 0 Å². The molecule has 1 aliphatic heterocycles. The number of rotatable bonds is 11. The van der Waals surface area contributed by atoms with Gasteiger partial charge in [0.05, 0.1) is 6.10 Å². The van der Waals surface area contributed by atoms with Crippen molar-refractivity contribution >= 4 is 15.9 Å². The Hall–Kier alpha value is -2.82. The van der Waals surface area contributed by atoms with Gasteiger partial charge in [-0.2, -0.15) is 12.7 Å². The van der Waals surface area contributed by atoms with E-state index in [1.165, 1.54) is 9.87 Å². The van der Waals surface area contributed by atoms with Gasteiger partial charge in [0, 0.05) is 68.5 Å². The molecule has 0 aliphatic carbocycles. The molecule has 0 unspecified atom stereocenters. The third-order valence-corrected chi connectivity index (χ3v) is 8.15. The predicted octanol–water partition coefficient (Wildman–Crippen LogP) is 3.20. The zero-order chi connectivity index (χ0) is 26.3. The van der Waals surface area contributed by atoms with Crippen molar-refractivity contribution in [2.75, 3.05) is 37.4 Å². The first-order valence-corrected chi connectivity index (χ1v) is 14.1. The van der Waals surface area contributed by atoms with Gasteiger partial charge >= 0.3 is 10.2 Å². The zero-order valence-corrected chi connectivity index (χ0v) is 22.4. The van der Waals surface area contributed by atoms with Crippen molar-refractivity contribution in [3.05, 3.63) is 95.8 Å².